The Kier molecular flexibility index (Phi) is 5.04. The van der Waals surface area contributed by atoms with Gasteiger partial charge in [-0.2, -0.15) is 0 Å². The van der Waals surface area contributed by atoms with Crippen molar-refractivity contribution in [2.75, 3.05) is 7.11 Å². The summed E-state index contributed by atoms with van der Waals surface area (Å²) in [6.07, 6.45) is 8.31. The third-order valence-corrected chi connectivity index (χ3v) is 4.45. The Morgan fingerprint density at radius 3 is 2.74 bits per heavy atom. The summed E-state index contributed by atoms with van der Waals surface area (Å²) in [6, 6.07) is 15.8. The third-order valence-electron chi connectivity index (χ3n) is 4.45. The van der Waals surface area contributed by atoms with Gasteiger partial charge in [-0.05, 0) is 48.1 Å². The number of benzene rings is 2. The number of hydrogen-bond donors (Lipinski definition) is 0. The maximum atomic E-state index is 12.2. The molecule has 0 aliphatic heterocycles. The van der Waals surface area contributed by atoms with E-state index in [2.05, 4.69) is 18.2 Å². The minimum Gasteiger partial charge on any atom is -0.377 e. The molecule has 0 bridgehead atoms. The fraction of sp³-hybridized carbons (Fsp3) is 0.286. The number of carbonyl (C=O) groups is 1. The number of allylic oxidation sites excluding steroid dienone is 1. The van der Waals surface area contributed by atoms with Gasteiger partial charge in [-0.25, -0.2) is 0 Å². The zero-order chi connectivity index (χ0) is 16.1. The summed E-state index contributed by atoms with van der Waals surface area (Å²) in [4.78, 5) is 12.2. The average Bonchev–Trinajstić information content (AvgIpc) is 2.82. The van der Waals surface area contributed by atoms with Gasteiger partial charge in [0.2, 0.25) is 0 Å². The van der Waals surface area contributed by atoms with Crippen LogP contribution in [0.5, 0.6) is 0 Å². The molecule has 0 spiro atoms. The lowest BCUT2D eigenvalue weighted by atomic mass is 9.97. The van der Waals surface area contributed by atoms with E-state index in [0.717, 1.165) is 18.4 Å². The minimum absolute atomic E-state index is 0.0313. The molecule has 2 aromatic rings. The number of rotatable bonds is 4. The highest BCUT2D eigenvalue weighted by molar-refractivity contribution is 6.06. The Balaban J connectivity index is 1.83. The first-order chi connectivity index (χ1) is 11.3. The molecule has 2 aromatic carbocycles. The Labute approximate surface area is 137 Å². The van der Waals surface area contributed by atoms with Crippen molar-refractivity contribution in [2.45, 2.75) is 31.8 Å². The number of methoxy groups -OCH3 is 1. The number of hydrogen-bond acceptors (Lipinski definition) is 2. The van der Waals surface area contributed by atoms with Crippen molar-refractivity contribution < 1.29 is 9.53 Å². The zero-order valence-electron chi connectivity index (χ0n) is 13.5. The second kappa shape index (κ2) is 7.38. The van der Waals surface area contributed by atoms with E-state index in [1.165, 1.54) is 24.0 Å². The second-order valence-electron chi connectivity index (χ2n) is 5.99. The van der Waals surface area contributed by atoms with Gasteiger partial charge in [-0.1, -0.05) is 55.0 Å². The smallest absolute Gasteiger partial charge is 0.185 e. The number of aryl methyl sites for hydroxylation is 1. The van der Waals surface area contributed by atoms with Crippen LogP contribution in [0.15, 0.2) is 54.6 Å². The molecule has 1 aliphatic rings. The molecule has 2 heteroatoms. The van der Waals surface area contributed by atoms with Gasteiger partial charge in [-0.15, -0.1) is 0 Å². The van der Waals surface area contributed by atoms with E-state index in [1.807, 2.05) is 36.4 Å². The summed E-state index contributed by atoms with van der Waals surface area (Å²) >= 11 is 0. The summed E-state index contributed by atoms with van der Waals surface area (Å²) in [5, 5.41) is 0. The van der Waals surface area contributed by atoms with E-state index in [4.69, 9.17) is 4.74 Å². The highest BCUT2D eigenvalue weighted by atomic mass is 16.5. The second-order valence-corrected chi connectivity index (χ2v) is 5.99. The van der Waals surface area contributed by atoms with Crippen LogP contribution in [0.4, 0.5) is 0 Å². The van der Waals surface area contributed by atoms with Gasteiger partial charge in [-0.3, -0.25) is 4.79 Å². The van der Waals surface area contributed by atoms with Crippen LogP contribution in [0, 0.1) is 0 Å². The predicted molar refractivity (Wildman–Crippen MR) is 93.6 cm³/mol. The molecule has 118 valence electrons. The van der Waals surface area contributed by atoms with Gasteiger partial charge in [0.15, 0.2) is 5.78 Å². The molecule has 23 heavy (non-hydrogen) atoms. The number of ketones is 1. The van der Waals surface area contributed by atoms with Crippen LogP contribution >= 0.6 is 0 Å². The van der Waals surface area contributed by atoms with Crippen molar-refractivity contribution in [3.63, 3.8) is 0 Å². The molecule has 1 atom stereocenters. The number of fused-ring (bicyclic) bond motifs is 1. The van der Waals surface area contributed by atoms with Crippen molar-refractivity contribution in [3.8, 4) is 0 Å². The van der Waals surface area contributed by atoms with Crippen molar-refractivity contribution in [3.05, 3.63) is 76.9 Å². The third kappa shape index (κ3) is 3.77. The lowest BCUT2D eigenvalue weighted by molar-refractivity contribution is 0.0952. The molecule has 2 nitrogen and oxygen atoms in total. The topological polar surface area (TPSA) is 26.3 Å². The van der Waals surface area contributed by atoms with Crippen molar-refractivity contribution >= 4 is 11.9 Å². The molecule has 1 aliphatic carbocycles. The first kappa shape index (κ1) is 15.7. The normalized spacial score (nSPS) is 17.7. The zero-order valence-corrected chi connectivity index (χ0v) is 13.5. The van der Waals surface area contributed by atoms with E-state index in [0.29, 0.717) is 5.56 Å². The van der Waals surface area contributed by atoms with E-state index >= 15 is 0 Å². The first-order valence-electron chi connectivity index (χ1n) is 8.21. The van der Waals surface area contributed by atoms with Gasteiger partial charge in [0, 0.05) is 12.7 Å². The summed E-state index contributed by atoms with van der Waals surface area (Å²) in [7, 11) is 1.78. The molecule has 0 aromatic heterocycles. The molecule has 0 saturated carbocycles. The summed E-state index contributed by atoms with van der Waals surface area (Å²) in [6.45, 7) is 0. The maximum absolute atomic E-state index is 12.2. The Morgan fingerprint density at radius 1 is 1.13 bits per heavy atom. The molecule has 0 heterocycles. The predicted octanol–water partition coefficient (Wildman–Crippen LogP) is 5.00. The fourth-order valence-electron chi connectivity index (χ4n) is 3.16. The van der Waals surface area contributed by atoms with E-state index < -0.39 is 0 Å². The van der Waals surface area contributed by atoms with Crippen LogP contribution in [-0.2, 0) is 11.2 Å². The highest BCUT2D eigenvalue weighted by Crippen LogP contribution is 2.31. The molecule has 3 rings (SSSR count). The largest absolute Gasteiger partial charge is 0.377 e. The van der Waals surface area contributed by atoms with Crippen molar-refractivity contribution in [1.82, 2.24) is 0 Å². The van der Waals surface area contributed by atoms with Crippen LogP contribution in [0.2, 0.25) is 0 Å². The highest BCUT2D eigenvalue weighted by Gasteiger charge is 2.18. The van der Waals surface area contributed by atoms with Crippen LogP contribution in [0.3, 0.4) is 0 Å². The standard InChI is InChI=1S/C21H22O2/c1-23-21-10-6-5-7-17-13-11-16(15-19(17)21)12-14-20(22)18-8-3-2-4-9-18/h2-4,8-9,11-15,21H,5-7,10H2,1H3/b14-12-. The SMILES string of the molecule is COC1CCCCc2ccc(/C=C\C(=O)c3ccccc3)cc21. The van der Waals surface area contributed by atoms with E-state index in [1.54, 1.807) is 13.2 Å². The lowest BCUT2D eigenvalue weighted by Crippen LogP contribution is -2.02. The van der Waals surface area contributed by atoms with Gasteiger partial charge in [0.1, 0.15) is 0 Å². The summed E-state index contributed by atoms with van der Waals surface area (Å²) < 4.78 is 5.66. The van der Waals surface area contributed by atoms with Crippen molar-refractivity contribution in [2.24, 2.45) is 0 Å². The first-order valence-corrected chi connectivity index (χ1v) is 8.21. The Bertz CT molecular complexity index is 701. The van der Waals surface area contributed by atoms with Crippen LogP contribution in [0.1, 0.15) is 52.4 Å². The molecule has 0 saturated heterocycles. The Morgan fingerprint density at radius 2 is 1.96 bits per heavy atom. The molecule has 0 amide bonds. The quantitative estimate of drug-likeness (QED) is 0.451. The van der Waals surface area contributed by atoms with E-state index in [9.17, 15) is 4.79 Å². The Hall–Kier alpha value is -2.19. The maximum Gasteiger partial charge on any atom is 0.185 e. The molecule has 0 radical (unpaired) electrons. The molecular weight excluding hydrogens is 284 g/mol. The van der Waals surface area contributed by atoms with E-state index in [-0.39, 0.29) is 11.9 Å². The fourth-order valence-corrected chi connectivity index (χ4v) is 3.16. The van der Waals surface area contributed by atoms with Gasteiger partial charge in [0.25, 0.3) is 0 Å². The molecule has 0 fully saturated rings. The molecule has 1 unspecified atom stereocenters. The monoisotopic (exact) mass is 306 g/mol. The van der Waals surface area contributed by atoms with Gasteiger partial charge < -0.3 is 4.74 Å². The lowest BCUT2D eigenvalue weighted by Gasteiger charge is -2.16. The van der Waals surface area contributed by atoms with Gasteiger partial charge >= 0.3 is 0 Å². The van der Waals surface area contributed by atoms with Crippen molar-refractivity contribution in [1.29, 1.82) is 0 Å². The minimum atomic E-state index is 0.0313. The van der Waals surface area contributed by atoms with Crippen LogP contribution in [0.25, 0.3) is 6.08 Å². The molecular formula is C21H22O2. The summed E-state index contributed by atoms with van der Waals surface area (Å²) in [5.74, 6) is 0.0313. The summed E-state index contributed by atoms with van der Waals surface area (Å²) in [5.41, 5.74) is 4.42. The van der Waals surface area contributed by atoms with Crippen LogP contribution in [-0.4, -0.2) is 12.9 Å². The number of ether oxygens (including phenoxy) is 1. The molecule has 0 N–H and O–H groups in total. The average molecular weight is 306 g/mol. The van der Waals surface area contributed by atoms with Gasteiger partial charge in [0.05, 0.1) is 6.10 Å². The number of carbonyl (C=O) groups excluding carboxylic acids is 1. The van der Waals surface area contributed by atoms with Crippen LogP contribution < -0.4 is 0 Å².